The summed E-state index contributed by atoms with van der Waals surface area (Å²) >= 11 is 5.99. The fourth-order valence-electron chi connectivity index (χ4n) is 2.50. The first kappa shape index (κ1) is 14.4. The van der Waals surface area contributed by atoms with Gasteiger partial charge in [-0.1, -0.05) is 18.5 Å². The van der Waals surface area contributed by atoms with Crippen molar-refractivity contribution >= 4 is 17.4 Å². The van der Waals surface area contributed by atoms with Crippen LogP contribution in [0.15, 0.2) is 12.3 Å². The lowest BCUT2D eigenvalue weighted by atomic mass is 10.00. The Morgan fingerprint density at radius 2 is 2.16 bits per heavy atom. The first-order valence-electron chi connectivity index (χ1n) is 6.43. The molecule has 0 N–H and O–H groups in total. The summed E-state index contributed by atoms with van der Waals surface area (Å²) in [6.07, 6.45) is 0.612. The maximum absolute atomic E-state index is 12.6. The van der Waals surface area contributed by atoms with Gasteiger partial charge < -0.3 is 4.90 Å². The Hall–Kier alpha value is -0.970. The zero-order valence-corrected chi connectivity index (χ0v) is 11.4. The van der Waals surface area contributed by atoms with Crippen molar-refractivity contribution in [2.45, 2.75) is 44.8 Å². The van der Waals surface area contributed by atoms with Crippen molar-refractivity contribution in [2.24, 2.45) is 0 Å². The van der Waals surface area contributed by atoms with E-state index in [0.717, 1.165) is 44.5 Å². The monoisotopic (exact) mass is 292 g/mol. The highest BCUT2D eigenvalue weighted by molar-refractivity contribution is 6.33. The van der Waals surface area contributed by atoms with Crippen LogP contribution in [0.4, 0.5) is 19.0 Å². The number of hydrogen-bond acceptors (Lipinski definition) is 2. The highest BCUT2D eigenvalue weighted by atomic mass is 35.5. The van der Waals surface area contributed by atoms with Gasteiger partial charge in [0.05, 0.1) is 10.6 Å². The number of piperidine rings is 1. The fourth-order valence-corrected chi connectivity index (χ4v) is 2.78. The van der Waals surface area contributed by atoms with E-state index in [1.165, 1.54) is 0 Å². The minimum Gasteiger partial charge on any atom is -0.352 e. The second-order valence-electron chi connectivity index (χ2n) is 4.78. The maximum Gasteiger partial charge on any atom is 0.417 e. The van der Waals surface area contributed by atoms with Gasteiger partial charge >= 0.3 is 6.18 Å². The zero-order valence-electron chi connectivity index (χ0n) is 10.7. The van der Waals surface area contributed by atoms with Crippen LogP contribution >= 0.6 is 11.6 Å². The summed E-state index contributed by atoms with van der Waals surface area (Å²) in [5.41, 5.74) is -0.800. The highest BCUT2D eigenvalue weighted by Crippen LogP contribution is 2.35. The van der Waals surface area contributed by atoms with E-state index in [2.05, 4.69) is 11.9 Å². The van der Waals surface area contributed by atoms with Crippen LogP contribution < -0.4 is 4.90 Å². The molecule has 1 aromatic rings. The lowest BCUT2D eigenvalue weighted by Gasteiger charge is -2.36. The van der Waals surface area contributed by atoms with Crippen LogP contribution in [0.1, 0.15) is 38.2 Å². The van der Waals surface area contributed by atoms with Gasteiger partial charge in [-0.3, -0.25) is 0 Å². The molecule has 1 fully saturated rings. The van der Waals surface area contributed by atoms with E-state index < -0.39 is 11.7 Å². The molecule has 0 aromatic carbocycles. The number of hydrogen-bond donors (Lipinski definition) is 0. The SMILES string of the molecule is CCC1CCCCN1c1ncc(C(F)(F)F)cc1Cl. The first-order valence-corrected chi connectivity index (χ1v) is 6.80. The van der Waals surface area contributed by atoms with Crippen LogP contribution in [0.25, 0.3) is 0 Å². The summed E-state index contributed by atoms with van der Waals surface area (Å²) in [5, 5.41) is 0.0789. The standard InChI is InChI=1S/C13H16ClF3N2/c1-2-10-5-3-4-6-19(10)12-11(14)7-9(8-18-12)13(15,16)17/h7-8,10H,2-6H2,1H3. The third-order valence-corrected chi connectivity index (χ3v) is 3.80. The van der Waals surface area contributed by atoms with Crippen LogP contribution in [0.5, 0.6) is 0 Å². The third kappa shape index (κ3) is 3.14. The zero-order chi connectivity index (χ0) is 14.0. The number of halogens is 4. The molecule has 0 saturated carbocycles. The summed E-state index contributed by atoms with van der Waals surface area (Å²) in [5.74, 6) is 0.473. The van der Waals surface area contributed by atoms with E-state index in [0.29, 0.717) is 11.9 Å². The minimum absolute atomic E-state index is 0.0789. The van der Waals surface area contributed by atoms with Gasteiger partial charge in [0.25, 0.3) is 0 Å². The smallest absolute Gasteiger partial charge is 0.352 e. The molecule has 2 heterocycles. The summed E-state index contributed by atoms with van der Waals surface area (Å²) in [4.78, 5) is 5.97. The van der Waals surface area contributed by atoms with Crippen LogP contribution in [0.3, 0.4) is 0 Å². The Bertz CT molecular complexity index is 448. The molecule has 0 radical (unpaired) electrons. The molecule has 1 saturated heterocycles. The molecule has 1 aliphatic heterocycles. The van der Waals surface area contributed by atoms with E-state index in [9.17, 15) is 13.2 Å². The number of nitrogens with zero attached hydrogens (tertiary/aromatic N) is 2. The molecule has 1 atom stereocenters. The molecule has 19 heavy (non-hydrogen) atoms. The molecule has 1 aromatic heterocycles. The van der Waals surface area contributed by atoms with E-state index in [4.69, 9.17) is 11.6 Å². The van der Waals surface area contributed by atoms with E-state index in [-0.39, 0.29) is 5.02 Å². The Kier molecular flexibility index (Phi) is 4.23. The average Bonchev–Trinajstić information content (AvgIpc) is 2.37. The first-order chi connectivity index (χ1) is 8.93. The van der Waals surface area contributed by atoms with Crippen molar-refractivity contribution in [3.63, 3.8) is 0 Å². The molecule has 2 rings (SSSR count). The molecule has 1 unspecified atom stereocenters. The van der Waals surface area contributed by atoms with Crippen LogP contribution in [0, 0.1) is 0 Å². The second-order valence-corrected chi connectivity index (χ2v) is 5.19. The summed E-state index contributed by atoms with van der Waals surface area (Å²) < 4.78 is 37.7. The number of anilines is 1. The van der Waals surface area contributed by atoms with Gasteiger partial charge in [0.15, 0.2) is 0 Å². The van der Waals surface area contributed by atoms with Crippen molar-refractivity contribution in [2.75, 3.05) is 11.4 Å². The van der Waals surface area contributed by atoms with Crippen molar-refractivity contribution in [3.8, 4) is 0 Å². The second kappa shape index (κ2) is 5.57. The van der Waals surface area contributed by atoms with E-state index in [1.807, 2.05) is 4.90 Å². The van der Waals surface area contributed by atoms with Crippen molar-refractivity contribution in [1.82, 2.24) is 4.98 Å². The summed E-state index contributed by atoms with van der Waals surface area (Å²) in [6.45, 7) is 2.87. The number of alkyl halides is 3. The molecule has 2 nitrogen and oxygen atoms in total. The van der Waals surface area contributed by atoms with Gasteiger partial charge in [-0.05, 0) is 31.7 Å². The molecule has 1 aliphatic rings. The van der Waals surface area contributed by atoms with Gasteiger partial charge in [-0.25, -0.2) is 4.98 Å². The Balaban J connectivity index is 2.30. The number of rotatable bonds is 2. The van der Waals surface area contributed by atoms with E-state index >= 15 is 0 Å². The fraction of sp³-hybridized carbons (Fsp3) is 0.615. The highest BCUT2D eigenvalue weighted by Gasteiger charge is 2.32. The minimum atomic E-state index is -4.40. The van der Waals surface area contributed by atoms with Gasteiger partial charge in [-0.2, -0.15) is 13.2 Å². The van der Waals surface area contributed by atoms with Crippen LogP contribution in [-0.2, 0) is 6.18 Å². The number of pyridine rings is 1. The topological polar surface area (TPSA) is 16.1 Å². The van der Waals surface area contributed by atoms with Crippen LogP contribution in [-0.4, -0.2) is 17.6 Å². The van der Waals surface area contributed by atoms with Gasteiger partial charge in [0.1, 0.15) is 5.82 Å². The molecule has 6 heteroatoms. The van der Waals surface area contributed by atoms with E-state index in [1.54, 1.807) is 0 Å². The molecule has 0 bridgehead atoms. The molecular weight excluding hydrogens is 277 g/mol. The molecular formula is C13H16ClF3N2. The Labute approximate surface area is 115 Å². The third-order valence-electron chi connectivity index (χ3n) is 3.52. The van der Waals surface area contributed by atoms with Crippen molar-refractivity contribution in [3.05, 3.63) is 22.8 Å². The van der Waals surface area contributed by atoms with Crippen molar-refractivity contribution in [1.29, 1.82) is 0 Å². The predicted molar refractivity (Wildman–Crippen MR) is 69.5 cm³/mol. The molecule has 0 aliphatic carbocycles. The lowest BCUT2D eigenvalue weighted by molar-refractivity contribution is -0.137. The maximum atomic E-state index is 12.6. The molecule has 0 amide bonds. The van der Waals surface area contributed by atoms with Crippen LogP contribution in [0.2, 0.25) is 5.02 Å². The normalized spacial score (nSPS) is 20.7. The van der Waals surface area contributed by atoms with Gasteiger partial charge in [0, 0.05) is 18.8 Å². The largest absolute Gasteiger partial charge is 0.417 e. The van der Waals surface area contributed by atoms with Gasteiger partial charge in [0.2, 0.25) is 0 Å². The lowest BCUT2D eigenvalue weighted by Crippen LogP contribution is -2.39. The molecule has 106 valence electrons. The predicted octanol–water partition coefficient (Wildman–Crippen LogP) is 4.52. The average molecular weight is 293 g/mol. The van der Waals surface area contributed by atoms with Gasteiger partial charge in [-0.15, -0.1) is 0 Å². The summed E-state index contributed by atoms with van der Waals surface area (Å²) in [6, 6.07) is 1.28. The Morgan fingerprint density at radius 1 is 1.42 bits per heavy atom. The number of aromatic nitrogens is 1. The Morgan fingerprint density at radius 3 is 2.74 bits per heavy atom. The molecule has 0 spiro atoms. The summed E-state index contributed by atoms with van der Waals surface area (Å²) in [7, 11) is 0. The quantitative estimate of drug-likeness (QED) is 0.796. The van der Waals surface area contributed by atoms with Crippen molar-refractivity contribution < 1.29 is 13.2 Å².